The van der Waals surface area contributed by atoms with E-state index in [2.05, 4.69) is 32.9 Å². The van der Waals surface area contributed by atoms with E-state index < -0.39 is 0 Å². The molecule has 1 saturated heterocycles. The third-order valence-electron chi connectivity index (χ3n) is 5.97. The van der Waals surface area contributed by atoms with Crippen LogP contribution in [-0.2, 0) is 0 Å². The van der Waals surface area contributed by atoms with Crippen LogP contribution in [-0.4, -0.2) is 65.1 Å². The van der Waals surface area contributed by atoms with E-state index in [4.69, 9.17) is 0 Å². The molecule has 1 aromatic rings. The molecule has 0 aromatic carbocycles. The van der Waals surface area contributed by atoms with E-state index in [0.29, 0.717) is 18.3 Å². The molecule has 3 rings (SSSR count). The first kappa shape index (κ1) is 19.3. The molecule has 1 amide bonds. The van der Waals surface area contributed by atoms with Gasteiger partial charge in [0.25, 0.3) is 5.91 Å². The molecule has 2 heterocycles. The summed E-state index contributed by atoms with van der Waals surface area (Å²) in [6, 6.07) is 1.08. The van der Waals surface area contributed by atoms with Gasteiger partial charge in [0.15, 0.2) is 5.69 Å². The lowest BCUT2D eigenvalue weighted by Gasteiger charge is -2.31. The molecule has 7 nitrogen and oxygen atoms in total. The van der Waals surface area contributed by atoms with Crippen LogP contribution in [0.3, 0.4) is 0 Å². The molecule has 2 N–H and O–H groups in total. The van der Waals surface area contributed by atoms with Crippen molar-refractivity contribution in [1.82, 2.24) is 30.5 Å². The van der Waals surface area contributed by atoms with Crippen LogP contribution in [0.1, 0.15) is 73.6 Å². The topological polar surface area (TPSA) is 75.1 Å². The molecular weight excluding hydrogens is 328 g/mol. The Morgan fingerprint density at radius 2 is 1.96 bits per heavy atom. The van der Waals surface area contributed by atoms with E-state index in [1.54, 1.807) is 0 Å². The SMILES string of the molecule is Cc1c(C(=O)NCCCN(C)C2CCCCC2)nnn1C1CCNCC1. The molecule has 0 unspecified atom stereocenters. The molecule has 26 heavy (non-hydrogen) atoms. The van der Waals surface area contributed by atoms with Crippen molar-refractivity contribution in [1.29, 1.82) is 0 Å². The van der Waals surface area contributed by atoms with E-state index in [0.717, 1.165) is 50.6 Å². The first-order chi connectivity index (χ1) is 12.7. The maximum Gasteiger partial charge on any atom is 0.273 e. The largest absolute Gasteiger partial charge is 0.351 e. The molecule has 7 heteroatoms. The lowest BCUT2D eigenvalue weighted by atomic mass is 9.94. The van der Waals surface area contributed by atoms with Crippen LogP contribution in [0.2, 0.25) is 0 Å². The molecular formula is C19H34N6O. The summed E-state index contributed by atoms with van der Waals surface area (Å²) in [6.45, 7) is 5.68. The average molecular weight is 363 g/mol. The van der Waals surface area contributed by atoms with E-state index in [-0.39, 0.29) is 5.91 Å². The van der Waals surface area contributed by atoms with Gasteiger partial charge >= 0.3 is 0 Å². The Morgan fingerprint density at radius 1 is 1.23 bits per heavy atom. The first-order valence-electron chi connectivity index (χ1n) is 10.3. The van der Waals surface area contributed by atoms with E-state index in [9.17, 15) is 4.79 Å². The summed E-state index contributed by atoms with van der Waals surface area (Å²) in [4.78, 5) is 14.9. The number of aromatic nitrogens is 3. The fraction of sp³-hybridized carbons (Fsp3) is 0.842. The van der Waals surface area contributed by atoms with Gasteiger partial charge in [0.1, 0.15) is 0 Å². The van der Waals surface area contributed by atoms with E-state index in [1.807, 2.05) is 11.6 Å². The molecule has 2 fully saturated rings. The molecule has 2 aliphatic rings. The van der Waals surface area contributed by atoms with Crippen molar-refractivity contribution in [3.63, 3.8) is 0 Å². The number of rotatable bonds is 7. The summed E-state index contributed by atoms with van der Waals surface area (Å²) >= 11 is 0. The van der Waals surface area contributed by atoms with Crippen LogP contribution in [0, 0.1) is 6.92 Å². The maximum atomic E-state index is 12.5. The highest BCUT2D eigenvalue weighted by Gasteiger charge is 2.23. The fourth-order valence-corrected chi connectivity index (χ4v) is 4.27. The Bertz CT molecular complexity index is 575. The van der Waals surface area contributed by atoms with E-state index >= 15 is 0 Å². The summed E-state index contributed by atoms with van der Waals surface area (Å²) in [7, 11) is 2.21. The van der Waals surface area contributed by atoms with Crippen LogP contribution in [0.15, 0.2) is 0 Å². The third kappa shape index (κ3) is 4.82. The number of amides is 1. The Labute approximate surface area is 156 Å². The Balaban J connectivity index is 1.42. The zero-order valence-corrected chi connectivity index (χ0v) is 16.3. The first-order valence-corrected chi connectivity index (χ1v) is 10.3. The molecule has 0 bridgehead atoms. The zero-order valence-electron chi connectivity index (χ0n) is 16.3. The van der Waals surface area contributed by atoms with Crippen molar-refractivity contribution >= 4 is 5.91 Å². The van der Waals surface area contributed by atoms with Crippen molar-refractivity contribution in [3.8, 4) is 0 Å². The molecule has 1 saturated carbocycles. The van der Waals surface area contributed by atoms with Gasteiger partial charge in [0.2, 0.25) is 0 Å². The van der Waals surface area contributed by atoms with Crippen molar-refractivity contribution in [3.05, 3.63) is 11.4 Å². The summed E-state index contributed by atoms with van der Waals surface area (Å²) in [5, 5.41) is 14.8. The molecule has 146 valence electrons. The number of hydrogen-bond donors (Lipinski definition) is 2. The minimum Gasteiger partial charge on any atom is -0.351 e. The highest BCUT2D eigenvalue weighted by atomic mass is 16.2. The predicted molar refractivity (Wildman–Crippen MR) is 102 cm³/mol. The van der Waals surface area contributed by atoms with Gasteiger partial charge in [-0.3, -0.25) is 4.79 Å². The normalized spacial score (nSPS) is 19.8. The van der Waals surface area contributed by atoms with Gasteiger partial charge in [-0.05, 0) is 65.7 Å². The number of nitrogens with zero attached hydrogens (tertiary/aromatic N) is 4. The predicted octanol–water partition coefficient (Wildman–Crippen LogP) is 1.90. The lowest BCUT2D eigenvalue weighted by molar-refractivity contribution is 0.0944. The summed E-state index contributed by atoms with van der Waals surface area (Å²) < 4.78 is 1.94. The smallest absolute Gasteiger partial charge is 0.273 e. The van der Waals surface area contributed by atoms with Crippen molar-refractivity contribution in [2.24, 2.45) is 0 Å². The molecule has 1 aliphatic heterocycles. The lowest BCUT2D eigenvalue weighted by Crippen LogP contribution is -2.36. The van der Waals surface area contributed by atoms with Crippen LogP contribution >= 0.6 is 0 Å². The van der Waals surface area contributed by atoms with Gasteiger partial charge in [-0.2, -0.15) is 0 Å². The quantitative estimate of drug-likeness (QED) is 0.725. The molecule has 0 radical (unpaired) electrons. The van der Waals surface area contributed by atoms with Crippen molar-refractivity contribution < 1.29 is 4.79 Å². The number of carbonyl (C=O) groups is 1. The summed E-state index contributed by atoms with van der Waals surface area (Å²) in [6.07, 6.45) is 9.80. The van der Waals surface area contributed by atoms with Crippen molar-refractivity contribution in [2.75, 3.05) is 33.2 Å². The molecule has 1 aromatic heterocycles. The maximum absolute atomic E-state index is 12.5. The summed E-state index contributed by atoms with van der Waals surface area (Å²) in [5.74, 6) is -0.0944. The number of piperidine rings is 1. The highest BCUT2D eigenvalue weighted by Crippen LogP contribution is 2.22. The second-order valence-electron chi connectivity index (χ2n) is 7.83. The molecule has 0 spiro atoms. The van der Waals surface area contributed by atoms with Gasteiger partial charge in [0.05, 0.1) is 11.7 Å². The fourth-order valence-electron chi connectivity index (χ4n) is 4.27. The van der Waals surface area contributed by atoms with Gasteiger partial charge in [-0.25, -0.2) is 4.68 Å². The van der Waals surface area contributed by atoms with Gasteiger partial charge in [-0.1, -0.05) is 24.5 Å². The average Bonchev–Trinajstić information content (AvgIpc) is 3.07. The summed E-state index contributed by atoms with van der Waals surface area (Å²) in [5.41, 5.74) is 1.36. The minimum atomic E-state index is -0.0944. The van der Waals surface area contributed by atoms with Gasteiger partial charge in [-0.15, -0.1) is 5.10 Å². The Kier molecular flexibility index (Phi) is 7.02. The van der Waals surface area contributed by atoms with Gasteiger partial charge in [0, 0.05) is 12.6 Å². The second-order valence-corrected chi connectivity index (χ2v) is 7.83. The van der Waals surface area contributed by atoms with Crippen molar-refractivity contribution in [2.45, 2.75) is 70.4 Å². The molecule has 1 aliphatic carbocycles. The van der Waals surface area contributed by atoms with Crippen LogP contribution in [0.25, 0.3) is 0 Å². The zero-order chi connectivity index (χ0) is 18.4. The Morgan fingerprint density at radius 3 is 2.69 bits per heavy atom. The molecule has 0 atom stereocenters. The monoisotopic (exact) mass is 362 g/mol. The number of hydrogen-bond acceptors (Lipinski definition) is 5. The standard InChI is InChI=1S/C19H34N6O/c1-15-18(22-23-25(15)17-9-12-20-13-10-17)19(26)21-11-6-14-24(2)16-7-4-3-5-8-16/h16-17,20H,3-14H2,1-2H3,(H,21,26). The number of nitrogens with one attached hydrogen (secondary N) is 2. The van der Waals surface area contributed by atoms with Gasteiger partial charge < -0.3 is 15.5 Å². The third-order valence-corrected chi connectivity index (χ3v) is 5.97. The van der Waals surface area contributed by atoms with Crippen LogP contribution < -0.4 is 10.6 Å². The highest BCUT2D eigenvalue weighted by molar-refractivity contribution is 5.93. The Hall–Kier alpha value is -1.47. The van der Waals surface area contributed by atoms with Crippen LogP contribution in [0.5, 0.6) is 0 Å². The number of carbonyl (C=O) groups excluding carboxylic acids is 1. The van der Waals surface area contributed by atoms with Crippen LogP contribution in [0.4, 0.5) is 0 Å². The minimum absolute atomic E-state index is 0.0944. The van der Waals surface area contributed by atoms with E-state index in [1.165, 1.54) is 32.1 Å². The second kappa shape index (κ2) is 9.46.